The Kier molecular flexibility index (Phi) is 4.54. The van der Waals surface area contributed by atoms with Gasteiger partial charge in [0.15, 0.2) is 5.13 Å². The Labute approximate surface area is 123 Å². The number of hydrogen-bond donors (Lipinski definition) is 1. The van der Waals surface area contributed by atoms with E-state index in [-0.39, 0.29) is 5.91 Å². The zero-order chi connectivity index (χ0) is 14.7. The molecular formula is C14H20N4OS. The van der Waals surface area contributed by atoms with Crippen LogP contribution in [0.25, 0.3) is 0 Å². The minimum absolute atomic E-state index is 0.0461. The number of nitrogens with zero attached hydrogens (tertiary/aromatic N) is 3. The van der Waals surface area contributed by atoms with Crippen LogP contribution in [0.2, 0.25) is 0 Å². The van der Waals surface area contributed by atoms with Crippen LogP contribution in [0.5, 0.6) is 0 Å². The lowest BCUT2D eigenvalue weighted by Crippen LogP contribution is -2.15. The summed E-state index contributed by atoms with van der Waals surface area (Å²) in [5.74, 6) is 0.486. The molecule has 0 atom stereocenters. The number of carbonyl (C=O) groups excluding carboxylic acids is 1. The summed E-state index contributed by atoms with van der Waals surface area (Å²) in [6.07, 6.45) is 2.02. The van der Waals surface area contributed by atoms with E-state index in [1.165, 1.54) is 11.3 Å². The zero-order valence-electron chi connectivity index (χ0n) is 12.3. The van der Waals surface area contributed by atoms with E-state index >= 15 is 0 Å². The number of hydrogen-bond acceptors (Lipinski definition) is 4. The van der Waals surface area contributed by atoms with E-state index in [1.54, 1.807) is 6.20 Å². The summed E-state index contributed by atoms with van der Waals surface area (Å²) in [4.78, 5) is 16.1. The molecule has 2 aromatic rings. The van der Waals surface area contributed by atoms with E-state index in [2.05, 4.69) is 29.2 Å². The maximum Gasteiger partial charge on any atom is 0.230 e. The van der Waals surface area contributed by atoms with Crippen molar-refractivity contribution in [1.82, 2.24) is 14.8 Å². The van der Waals surface area contributed by atoms with Gasteiger partial charge >= 0.3 is 0 Å². The number of nitrogens with one attached hydrogen (secondary N) is 1. The van der Waals surface area contributed by atoms with E-state index in [0.29, 0.717) is 17.5 Å². The van der Waals surface area contributed by atoms with Crippen LogP contribution in [0, 0.1) is 19.8 Å². The monoisotopic (exact) mass is 292 g/mol. The summed E-state index contributed by atoms with van der Waals surface area (Å²) >= 11 is 1.42. The Bertz CT molecular complexity index is 587. The van der Waals surface area contributed by atoms with Crippen LogP contribution in [0.15, 0.2) is 11.6 Å². The third kappa shape index (κ3) is 3.45. The summed E-state index contributed by atoms with van der Waals surface area (Å²) in [6, 6.07) is 0. The summed E-state index contributed by atoms with van der Waals surface area (Å²) in [6.45, 7) is 9.17. The van der Waals surface area contributed by atoms with Crippen molar-refractivity contribution in [3.05, 3.63) is 28.5 Å². The zero-order valence-corrected chi connectivity index (χ0v) is 13.1. The van der Waals surface area contributed by atoms with Crippen LogP contribution in [-0.4, -0.2) is 20.7 Å². The number of aromatic nitrogens is 3. The van der Waals surface area contributed by atoms with Crippen molar-refractivity contribution in [3.63, 3.8) is 0 Å². The first kappa shape index (κ1) is 14.7. The quantitative estimate of drug-likeness (QED) is 0.922. The number of amides is 1. The minimum atomic E-state index is -0.0461. The number of anilines is 1. The van der Waals surface area contributed by atoms with Gasteiger partial charge < -0.3 is 5.32 Å². The number of rotatable bonds is 5. The van der Waals surface area contributed by atoms with E-state index < -0.39 is 0 Å². The van der Waals surface area contributed by atoms with Crippen LogP contribution in [-0.2, 0) is 17.8 Å². The Morgan fingerprint density at radius 1 is 1.45 bits per heavy atom. The number of carbonyl (C=O) groups is 1. The smallest absolute Gasteiger partial charge is 0.230 e. The average Bonchev–Trinajstić information content (AvgIpc) is 2.93. The van der Waals surface area contributed by atoms with E-state index in [1.807, 2.05) is 23.9 Å². The van der Waals surface area contributed by atoms with Gasteiger partial charge in [-0.3, -0.25) is 9.48 Å². The fourth-order valence-corrected chi connectivity index (χ4v) is 2.67. The predicted octanol–water partition coefficient (Wildman–Crippen LogP) is 2.79. The fourth-order valence-electron chi connectivity index (χ4n) is 2.12. The molecule has 0 aliphatic rings. The van der Waals surface area contributed by atoms with Crippen LogP contribution in [0.3, 0.4) is 0 Å². The first-order chi connectivity index (χ1) is 9.47. The molecule has 0 bridgehead atoms. The standard InChI is InChI=1S/C14H20N4OS/c1-9(2)8-18-11(4)12(10(3)17-18)7-13(19)16-14-15-5-6-20-14/h5-6,9H,7-8H2,1-4H3,(H,15,16,19). The Morgan fingerprint density at radius 2 is 2.20 bits per heavy atom. The second kappa shape index (κ2) is 6.17. The first-order valence-corrected chi connectivity index (χ1v) is 7.57. The van der Waals surface area contributed by atoms with Gasteiger partial charge in [0.1, 0.15) is 0 Å². The summed E-state index contributed by atoms with van der Waals surface area (Å²) in [5.41, 5.74) is 3.02. The molecular weight excluding hydrogens is 272 g/mol. The van der Waals surface area contributed by atoms with Crippen LogP contribution in [0.4, 0.5) is 5.13 Å². The van der Waals surface area contributed by atoms with Crippen molar-refractivity contribution >= 4 is 22.4 Å². The van der Waals surface area contributed by atoms with E-state index in [0.717, 1.165) is 23.5 Å². The molecule has 2 heterocycles. The highest BCUT2D eigenvalue weighted by Gasteiger charge is 2.16. The second-order valence-corrected chi connectivity index (χ2v) is 6.18. The van der Waals surface area contributed by atoms with Crippen molar-refractivity contribution in [2.75, 3.05) is 5.32 Å². The normalized spacial score (nSPS) is 11.1. The molecule has 0 aliphatic carbocycles. The molecule has 2 rings (SSSR count). The third-order valence-electron chi connectivity index (χ3n) is 3.09. The van der Waals surface area contributed by atoms with Crippen LogP contribution >= 0.6 is 11.3 Å². The second-order valence-electron chi connectivity index (χ2n) is 5.29. The average molecular weight is 292 g/mol. The van der Waals surface area contributed by atoms with Gasteiger partial charge in [0.2, 0.25) is 5.91 Å². The largest absolute Gasteiger partial charge is 0.302 e. The van der Waals surface area contributed by atoms with E-state index in [4.69, 9.17) is 0 Å². The van der Waals surface area contributed by atoms with Gasteiger partial charge in [-0.15, -0.1) is 11.3 Å². The van der Waals surface area contributed by atoms with Crippen molar-refractivity contribution in [1.29, 1.82) is 0 Å². The molecule has 1 N–H and O–H groups in total. The van der Waals surface area contributed by atoms with Crippen molar-refractivity contribution in [3.8, 4) is 0 Å². The van der Waals surface area contributed by atoms with Crippen molar-refractivity contribution < 1.29 is 4.79 Å². The summed E-state index contributed by atoms with van der Waals surface area (Å²) in [5, 5.41) is 9.81. The molecule has 0 unspecified atom stereocenters. The highest BCUT2D eigenvalue weighted by molar-refractivity contribution is 7.13. The Balaban J connectivity index is 2.09. The lowest BCUT2D eigenvalue weighted by molar-refractivity contribution is -0.115. The summed E-state index contributed by atoms with van der Waals surface area (Å²) < 4.78 is 1.99. The molecule has 2 aromatic heterocycles. The number of thiazole rings is 1. The van der Waals surface area contributed by atoms with Gasteiger partial charge in [0, 0.05) is 29.4 Å². The third-order valence-corrected chi connectivity index (χ3v) is 3.77. The topological polar surface area (TPSA) is 59.8 Å². The summed E-state index contributed by atoms with van der Waals surface area (Å²) in [7, 11) is 0. The van der Waals surface area contributed by atoms with E-state index in [9.17, 15) is 4.79 Å². The molecule has 0 aliphatic heterocycles. The number of aryl methyl sites for hydroxylation is 1. The molecule has 6 heteroatoms. The fraction of sp³-hybridized carbons (Fsp3) is 0.500. The molecule has 20 heavy (non-hydrogen) atoms. The van der Waals surface area contributed by atoms with Gasteiger partial charge in [-0.05, 0) is 19.8 Å². The molecule has 0 fully saturated rings. The first-order valence-electron chi connectivity index (χ1n) is 6.69. The molecule has 108 valence electrons. The molecule has 0 saturated carbocycles. The maximum atomic E-state index is 12.0. The maximum absolute atomic E-state index is 12.0. The molecule has 0 spiro atoms. The molecule has 0 saturated heterocycles. The van der Waals surface area contributed by atoms with Crippen LogP contribution < -0.4 is 5.32 Å². The Morgan fingerprint density at radius 3 is 2.80 bits per heavy atom. The predicted molar refractivity (Wildman–Crippen MR) is 81.0 cm³/mol. The van der Waals surface area contributed by atoms with Crippen molar-refractivity contribution in [2.24, 2.45) is 5.92 Å². The lowest BCUT2D eigenvalue weighted by Gasteiger charge is -2.08. The van der Waals surface area contributed by atoms with Gasteiger partial charge in [0.25, 0.3) is 0 Å². The molecule has 5 nitrogen and oxygen atoms in total. The van der Waals surface area contributed by atoms with Gasteiger partial charge in [-0.2, -0.15) is 5.10 Å². The molecule has 0 radical (unpaired) electrons. The molecule has 0 aromatic carbocycles. The van der Waals surface area contributed by atoms with Crippen molar-refractivity contribution in [2.45, 2.75) is 40.7 Å². The Hall–Kier alpha value is -1.69. The van der Waals surface area contributed by atoms with Crippen LogP contribution in [0.1, 0.15) is 30.8 Å². The van der Waals surface area contributed by atoms with Gasteiger partial charge in [0.05, 0.1) is 12.1 Å². The SMILES string of the molecule is Cc1nn(CC(C)C)c(C)c1CC(=O)Nc1nccs1. The van der Waals surface area contributed by atoms with Gasteiger partial charge in [-0.1, -0.05) is 13.8 Å². The molecule has 1 amide bonds. The van der Waals surface area contributed by atoms with Gasteiger partial charge in [-0.25, -0.2) is 4.98 Å². The highest BCUT2D eigenvalue weighted by atomic mass is 32.1. The minimum Gasteiger partial charge on any atom is -0.302 e. The highest BCUT2D eigenvalue weighted by Crippen LogP contribution is 2.17. The lowest BCUT2D eigenvalue weighted by atomic mass is 10.1.